The van der Waals surface area contributed by atoms with Crippen molar-refractivity contribution in [3.63, 3.8) is 0 Å². The smallest absolute Gasteiger partial charge is 0.139 e. The van der Waals surface area contributed by atoms with Gasteiger partial charge in [0.15, 0.2) is 0 Å². The van der Waals surface area contributed by atoms with Crippen LogP contribution in [0, 0.1) is 0 Å². The fourth-order valence-corrected chi connectivity index (χ4v) is 0.952. The third-order valence-corrected chi connectivity index (χ3v) is 1.63. The first-order valence-corrected chi connectivity index (χ1v) is 3.92. The maximum absolute atomic E-state index is 5.05. The Morgan fingerprint density at radius 1 is 1.54 bits per heavy atom. The number of methoxy groups -OCH3 is 1. The van der Waals surface area contributed by atoms with Crippen molar-refractivity contribution in [1.82, 2.24) is 4.98 Å². The maximum Gasteiger partial charge on any atom is 0.139 e. The molecule has 0 aromatic carbocycles. The lowest BCUT2D eigenvalue weighted by Gasteiger charge is -2.12. The Morgan fingerprint density at radius 3 is 2.92 bits per heavy atom. The highest BCUT2D eigenvalue weighted by molar-refractivity contribution is 5.78. The SMILES string of the molecule is C/N=C\N(C)c1cncc(OC)c1. The first kappa shape index (κ1) is 9.51. The molecule has 0 unspecified atom stereocenters. The van der Waals surface area contributed by atoms with Gasteiger partial charge in [0, 0.05) is 20.2 Å². The van der Waals surface area contributed by atoms with Gasteiger partial charge in [0.25, 0.3) is 0 Å². The van der Waals surface area contributed by atoms with Gasteiger partial charge in [-0.25, -0.2) is 0 Å². The minimum atomic E-state index is 0.744. The van der Waals surface area contributed by atoms with Gasteiger partial charge in [0.1, 0.15) is 5.75 Å². The lowest BCUT2D eigenvalue weighted by molar-refractivity contribution is 0.413. The molecule has 1 heterocycles. The van der Waals surface area contributed by atoms with Crippen molar-refractivity contribution in [3.8, 4) is 5.75 Å². The summed E-state index contributed by atoms with van der Waals surface area (Å²) >= 11 is 0. The molecule has 0 radical (unpaired) electrons. The largest absolute Gasteiger partial charge is 0.495 e. The Labute approximate surface area is 77.9 Å². The lowest BCUT2D eigenvalue weighted by atomic mass is 10.4. The average molecular weight is 179 g/mol. The number of nitrogens with zero attached hydrogens (tertiary/aromatic N) is 3. The molecule has 0 N–H and O–H groups in total. The van der Waals surface area contributed by atoms with E-state index in [4.69, 9.17) is 4.74 Å². The van der Waals surface area contributed by atoms with Crippen LogP contribution in [0.1, 0.15) is 0 Å². The molecule has 0 aliphatic rings. The van der Waals surface area contributed by atoms with E-state index in [1.807, 2.05) is 18.0 Å². The molecule has 70 valence electrons. The Bertz CT molecular complexity index is 299. The van der Waals surface area contributed by atoms with Crippen LogP contribution in [0.15, 0.2) is 23.5 Å². The highest BCUT2D eigenvalue weighted by atomic mass is 16.5. The molecular formula is C9H13N3O. The molecule has 13 heavy (non-hydrogen) atoms. The van der Waals surface area contributed by atoms with Gasteiger partial charge in [0.2, 0.25) is 0 Å². The summed E-state index contributed by atoms with van der Waals surface area (Å²) in [5.41, 5.74) is 0.949. The molecule has 0 bridgehead atoms. The van der Waals surface area contributed by atoms with Crippen LogP contribution in [0.4, 0.5) is 5.69 Å². The molecule has 4 nitrogen and oxygen atoms in total. The second kappa shape index (κ2) is 4.45. The average Bonchev–Trinajstić information content (AvgIpc) is 2.18. The normalized spacial score (nSPS) is 10.4. The molecule has 0 aliphatic carbocycles. The number of hydrogen-bond acceptors (Lipinski definition) is 3. The van der Waals surface area contributed by atoms with Gasteiger partial charge in [-0.15, -0.1) is 0 Å². The molecule has 1 aromatic rings. The van der Waals surface area contributed by atoms with Crippen molar-refractivity contribution in [3.05, 3.63) is 18.5 Å². The quantitative estimate of drug-likeness (QED) is 0.516. The Balaban J connectivity index is 2.87. The second-order valence-electron chi connectivity index (χ2n) is 2.57. The van der Waals surface area contributed by atoms with Gasteiger partial charge >= 0.3 is 0 Å². The third kappa shape index (κ3) is 2.43. The van der Waals surface area contributed by atoms with Crippen LogP contribution < -0.4 is 9.64 Å². The van der Waals surface area contributed by atoms with E-state index in [2.05, 4.69) is 9.98 Å². The summed E-state index contributed by atoms with van der Waals surface area (Å²) in [6.07, 6.45) is 5.14. The van der Waals surface area contributed by atoms with Gasteiger partial charge in [-0.3, -0.25) is 9.98 Å². The summed E-state index contributed by atoms with van der Waals surface area (Å²) in [4.78, 5) is 9.80. The molecule has 0 saturated carbocycles. The van der Waals surface area contributed by atoms with Crippen LogP contribution in [0.2, 0.25) is 0 Å². The Hall–Kier alpha value is -1.58. The zero-order valence-corrected chi connectivity index (χ0v) is 8.06. The van der Waals surface area contributed by atoms with Crippen molar-refractivity contribution in [2.24, 2.45) is 4.99 Å². The van der Waals surface area contributed by atoms with Crippen molar-refractivity contribution >= 4 is 12.0 Å². The van der Waals surface area contributed by atoms with Gasteiger partial charge in [0.05, 0.1) is 31.5 Å². The molecule has 1 aromatic heterocycles. The molecule has 0 aliphatic heterocycles. The standard InChI is InChI=1S/C9H13N3O/c1-10-7-12(2)8-4-9(13-3)6-11-5-8/h4-7H,1-3H3/b10-7-. The molecule has 0 spiro atoms. The third-order valence-electron chi connectivity index (χ3n) is 1.63. The highest BCUT2D eigenvalue weighted by Crippen LogP contribution is 2.16. The minimum Gasteiger partial charge on any atom is -0.495 e. The van der Waals surface area contributed by atoms with E-state index in [0.717, 1.165) is 11.4 Å². The minimum absolute atomic E-state index is 0.744. The number of rotatable bonds is 3. The fraction of sp³-hybridized carbons (Fsp3) is 0.333. The monoisotopic (exact) mass is 179 g/mol. The van der Waals surface area contributed by atoms with E-state index >= 15 is 0 Å². The summed E-state index contributed by atoms with van der Waals surface area (Å²) in [6, 6.07) is 1.90. The van der Waals surface area contributed by atoms with Gasteiger partial charge in [-0.05, 0) is 0 Å². The number of hydrogen-bond donors (Lipinski definition) is 0. The molecule has 0 fully saturated rings. The summed E-state index contributed by atoms with van der Waals surface area (Å²) in [7, 11) is 5.25. The Kier molecular flexibility index (Phi) is 3.25. The predicted molar refractivity (Wildman–Crippen MR) is 53.6 cm³/mol. The summed E-state index contributed by atoms with van der Waals surface area (Å²) < 4.78 is 5.05. The first-order chi connectivity index (χ1) is 6.27. The number of ether oxygens (including phenoxy) is 1. The predicted octanol–water partition coefficient (Wildman–Crippen LogP) is 1.18. The van der Waals surface area contributed by atoms with E-state index in [-0.39, 0.29) is 0 Å². The zero-order valence-electron chi connectivity index (χ0n) is 8.06. The first-order valence-electron chi connectivity index (χ1n) is 3.92. The molecule has 0 saturated heterocycles. The van der Waals surface area contributed by atoms with Crippen LogP contribution in [-0.2, 0) is 0 Å². The van der Waals surface area contributed by atoms with E-state index in [1.54, 1.807) is 32.9 Å². The van der Waals surface area contributed by atoms with Gasteiger partial charge < -0.3 is 9.64 Å². The van der Waals surface area contributed by atoms with E-state index in [9.17, 15) is 0 Å². The molecule has 0 amide bonds. The van der Waals surface area contributed by atoms with Crippen LogP contribution in [-0.4, -0.2) is 32.5 Å². The Morgan fingerprint density at radius 2 is 2.31 bits per heavy atom. The topological polar surface area (TPSA) is 37.7 Å². The van der Waals surface area contributed by atoms with Crippen LogP contribution >= 0.6 is 0 Å². The zero-order chi connectivity index (χ0) is 9.68. The number of anilines is 1. The molecular weight excluding hydrogens is 166 g/mol. The molecule has 0 atom stereocenters. The fourth-order valence-electron chi connectivity index (χ4n) is 0.952. The lowest BCUT2D eigenvalue weighted by Crippen LogP contribution is -2.14. The van der Waals surface area contributed by atoms with Crippen LogP contribution in [0.3, 0.4) is 0 Å². The molecule has 4 heteroatoms. The highest BCUT2D eigenvalue weighted by Gasteiger charge is 1.99. The number of aromatic nitrogens is 1. The molecule has 1 rings (SSSR count). The van der Waals surface area contributed by atoms with Crippen LogP contribution in [0.25, 0.3) is 0 Å². The second-order valence-corrected chi connectivity index (χ2v) is 2.57. The summed E-state index contributed by atoms with van der Waals surface area (Å²) in [5, 5.41) is 0. The van der Waals surface area contributed by atoms with E-state index in [1.165, 1.54) is 0 Å². The van der Waals surface area contributed by atoms with Gasteiger partial charge in [-0.1, -0.05) is 0 Å². The van der Waals surface area contributed by atoms with E-state index in [0.29, 0.717) is 0 Å². The maximum atomic E-state index is 5.05. The van der Waals surface area contributed by atoms with Crippen molar-refractivity contribution < 1.29 is 4.74 Å². The van der Waals surface area contributed by atoms with Crippen molar-refractivity contribution in [2.45, 2.75) is 0 Å². The van der Waals surface area contributed by atoms with Gasteiger partial charge in [-0.2, -0.15) is 0 Å². The van der Waals surface area contributed by atoms with Crippen LogP contribution in [0.5, 0.6) is 5.75 Å². The summed E-state index contributed by atoms with van der Waals surface area (Å²) in [5.74, 6) is 0.744. The summed E-state index contributed by atoms with van der Waals surface area (Å²) in [6.45, 7) is 0. The number of pyridine rings is 1. The number of aliphatic imine (C=N–C) groups is 1. The van der Waals surface area contributed by atoms with Crippen molar-refractivity contribution in [1.29, 1.82) is 0 Å². The van der Waals surface area contributed by atoms with E-state index < -0.39 is 0 Å². The van der Waals surface area contributed by atoms with Crippen molar-refractivity contribution in [2.75, 3.05) is 26.1 Å².